The molecule has 0 saturated carbocycles. The van der Waals surface area contributed by atoms with Crippen LogP contribution in [0.25, 0.3) is 0 Å². The van der Waals surface area contributed by atoms with Crippen molar-refractivity contribution in [3.8, 4) is 0 Å². The van der Waals surface area contributed by atoms with E-state index in [0.717, 1.165) is 44.2 Å². The fourth-order valence-corrected chi connectivity index (χ4v) is 4.69. The molecule has 0 spiro atoms. The van der Waals surface area contributed by atoms with Crippen molar-refractivity contribution >= 4 is 21.6 Å². The number of nitrogens with zero attached hydrogens (tertiary/aromatic N) is 2. The molecule has 2 amide bonds. The van der Waals surface area contributed by atoms with E-state index in [0.29, 0.717) is 12.2 Å². The minimum Gasteiger partial charge on any atom is -0.321 e. The molecule has 1 aliphatic carbocycles. The molecule has 1 aromatic rings. The van der Waals surface area contributed by atoms with Gasteiger partial charge in [0.15, 0.2) is 0 Å². The number of aryl methyl sites for hydroxylation is 2. The van der Waals surface area contributed by atoms with Crippen LogP contribution in [0.5, 0.6) is 0 Å². The zero-order valence-corrected chi connectivity index (χ0v) is 14.9. The van der Waals surface area contributed by atoms with Crippen LogP contribution >= 0.6 is 0 Å². The molecule has 3 rings (SSSR count). The van der Waals surface area contributed by atoms with Gasteiger partial charge in [-0.3, -0.25) is 4.98 Å². The van der Waals surface area contributed by atoms with E-state index in [1.807, 2.05) is 6.07 Å². The number of amides is 2. The van der Waals surface area contributed by atoms with E-state index >= 15 is 0 Å². The highest BCUT2D eigenvalue weighted by molar-refractivity contribution is 7.90. The van der Waals surface area contributed by atoms with Crippen molar-refractivity contribution in [2.24, 2.45) is 0 Å². The number of rotatable bonds is 3. The number of nitrogens with one attached hydrogen (secondary N) is 1. The van der Waals surface area contributed by atoms with Gasteiger partial charge in [0.05, 0.1) is 17.6 Å². The Hall–Kier alpha value is -1.63. The number of carbonyl (C=O) groups is 1. The Labute approximate surface area is 143 Å². The fourth-order valence-electron chi connectivity index (χ4n) is 3.64. The molecule has 7 heteroatoms. The predicted molar refractivity (Wildman–Crippen MR) is 94.0 cm³/mol. The lowest BCUT2D eigenvalue weighted by Crippen LogP contribution is -2.48. The topological polar surface area (TPSA) is 79.4 Å². The average Bonchev–Trinajstić information content (AvgIpc) is 2.53. The maximum atomic E-state index is 12.6. The number of pyridine rings is 1. The van der Waals surface area contributed by atoms with Crippen molar-refractivity contribution in [1.29, 1.82) is 0 Å². The summed E-state index contributed by atoms with van der Waals surface area (Å²) in [6, 6.07) is 1.55. The zero-order chi connectivity index (χ0) is 17.2. The van der Waals surface area contributed by atoms with E-state index in [2.05, 4.69) is 10.3 Å². The molecular weight excluding hydrogens is 326 g/mol. The Balaban J connectivity index is 1.70. The number of hydrogen-bond donors (Lipinski definition) is 1. The van der Waals surface area contributed by atoms with E-state index in [1.165, 1.54) is 18.2 Å². The van der Waals surface area contributed by atoms with E-state index in [1.54, 1.807) is 11.1 Å². The van der Waals surface area contributed by atoms with Gasteiger partial charge in [0.25, 0.3) is 0 Å². The molecule has 2 heterocycles. The second kappa shape index (κ2) is 7.09. The summed E-state index contributed by atoms with van der Waals surface area (Å²) in [4.78, 5) is 18.8. The van der Waals surface area contributed by atoms with Gasteiger partial charge < -0.3 is 10.2 Å². The standard InChI is InChI=1S/C17H25N3O3S/c1-24(22,23)12-15-7-4-5-9-20(15)17(21)19-14-10-13-6-2-3-8-16(13)18-11-14/h10-11,15H,2-9,12H2,1H3,(H,19,21). The van der Waals surface area contributed by atoms with Crippen LogP contribution < -0.4 is 5.32 Å². The SMILES string of the molecule is CS(=O)(=O)CC1CCCCN1C(=O)Nc1cnc2c(c1)CCCC2. The Morgan fingerprint density at radius 3 is 2.88 bits per heavy atom. The molecule has 1 unspecified atom stereocenters. The summed E-state index contributed by atoms with van der Waals surface area (Å²) in [5.74, 6) is 0.0306. The molecule has 0 bridgehead atoms. The van der Waals surface area contributed by atoms with Crippen molar-refractivity contribution in [2.75, 3.05) is 23.9 Å². The van der Waals surface area contributed by atoms with Crippen molar-refractivity contribution in [1.82, 2.24) is 9.88 Å². The predicted octanol–water partition coefficient (Wildman–Crippen LogP) is 2.39. The zero-order valence-electron chi connectivity index (χ0n) is 14.1. The monoisotopic (exact) mass is 351 g/mol. The first-order valence-electron chi connectivity index (χ1n) is 8.65. The minimum absolute atomic E-state index is 0.0306. The van der Waals surface area contributed by atoms with Crippen LogP contribution in [0, 0.1) is 0 Å². The number of fused-ring (bicyclic) bond motifs is 1. The highest BCUT2D eigenvalue weighted by Crippen LogP contribution is 2.23. The summed E-state index contributed by atoms with van der Waals surface area (Å²) in [5.41, 5.74) is 3.04. The maximum absolute atomic E-state index is 12.6. The maximum Gasteiger partial charge on any atom is 0.322 e. The largest absolute Gasteiger partial charge is 0.322 e. The molecular formula is C17H25N3O3S. The second-order valence-corrected chi connectivity index (χ2v) is 9.09. The lowest BCUT2D eigenvalue weighted by Gasteiger charge is -2.35. The molecule has 132 valence electrons. The van der Waals surface area contributed by atoms with Crippen LogP contribution in [0.2, 0.25) is 0 Å². The molecule has 1 N–H and O–H groups in total. The molecule has 1 fully saturated rings. The molecule has 1 aromatic heterocycles. The van der Waals surface area contributed by atoms with Crippen molar-refractivity contribution in [3.05, 3.63) is 23.5 Å². The Bertz CT molecular complexity index is 718. The van der Waals surface area contributed by atoms with E-state index in [-0.39, 0.29) is 17.8 Å². The first-order chi connectivity index (χ1) is 11.4. The van der Waals surface area contributed by atoms with Crippen LogP contribution in [0.1, 0.15) is 43.4 Å². The summed E-state index contributed by atoms with van der Waals surface area (Å²) >= 11 is 0. The lowest BCUT2D eigenvalue weighted by molar-refractivity contribution is 0.171. The molecule has 0 aromatic carbocycles. The third kappa shape index (κ3) is 4.26. The summed E-state index contributed by atoms with van der Waals surface area (Å²) in [6.07, 6.45) is 9.89. The van der Waals surface area contributed by atoms with Gasteiger partial charge in [-0.25, -0.2) is 13.2 Å². The second-order valence-electron chi connectivity index (χ2n) is 6.90. The summed E-state index contributed by atoms with van der Waals surface area (Å²) in [7, 11) is -3.11. The van der Waals surface area contributed by atoms with Gasteiger partial charge in [0.1, 0.15) is 9.84 Å². The number of piperidine rings is 1. The number of urea groups is 1. The molecule has 24 heavy (non-hydrogen) atoms. The molecule has 1 atom stereocenters. The van der Waals surface area contributed by atoms with Crippen molar-refractivity contribution < 1.29 is 13.2 Å². The molecule has 1 aliphatic heterocycles. The fraction of sp³-hybridized carbons (Fsp3) is 0.647. The Morgan fingerprint density at radius 2 is 2.08 bits per heavy atom. The Kier molecular flexibility index (Phi) is 5.08. The van der Waals surface area contributed by atoms with Gasteiger partial charge in [-0.15, -0.1) is 0 Å². The van der Waals surface area contributed by atoms with Gasteiger partial charge in [-0.1, -0.05) is 0 Å². The smallest absolute Gasteiger partial charge is 0.321 e. The first-order valence-corrected chi connectivity index (χ1v) is 10.7. The van der Waals surface area contributed by atoms with Gasteiger partial charge in [0, 0.05) is 24.5 Å². The third-order valence-corrected chi connectivity index (χ3v) is 5.79. The summed E-state index contributed by atoms with van der Waals surface area (Å²) < 4.78 is 23.2. The van der Waals surface area contributed by atoms with Crippen LogP contribution in [-0.4, -0.2) is 48.9 Å². The number of anilines is 1. The Morgan fingerprint density at radius 1 is 1.29 bits per heavy atom. The highest BCUT2D eigenvalue weighted by Gasteiger charge is 2.29. The van der Waals surface area contributed by atoms with Crippen molar-refractivity contribution in [3.63, 3.8) is 0 Å². The van der Waals surface area contributed by atoms with E-state index in [9.17, 15) is 13.2 Å². The molecule has 2 aliphatic rings. The van der Waals surface area contributed by atoms with Gasteiger partial charge in [-0.2, -0.15) is 0 Å². The van der Waals surface area contributed by atoms with Gasteiger partial charge >= 0.3 is 6.03 Å². The first kappa shape index (κ1) is 17.2. The average molecular weight is 351 g/mol. The van der Waals surface area contributed by atoms with Gasteiger partial charge in [0.2, 0.25) is 0 Å². The van der Waals surface area contributed by atoms with Crippen molar-refractivity contribution in [2.45, 2.75) is 51.0 Å². The highest BCUT2D eigenvalue weighted by atomic mass is 32.2. The third-order valence-electron chi connectivity index (χ3n) is 4.80. The van der Waals surface area contributed by atoms with Gasteiger partial charge in [-0.05, 0) is 56.6 Å². The normalized spacial score (nSPS) is 21.2. The number of aromatic nitrogens is 1. The van der Waals surface area contributed by atoms with Crippen LogP contribution in [-0.2, 0) is 22.7 Å². The number of carbonyl (C=O) groups excluding carboxylic acids is 1. The molecule has 1 saturated heterocycles. The quantitative estimate of drug-likeness (QED) is 0.907. The number of sulfone groups is 1. The van der Waals surface area contributed by atoms with Crippen LogP contribution in [0.4, 0.5) is 10.5 Å². The van der Waals surface area contributed by atoms with E-state index in [4.69, 9.17) is 0 Å². The molecule has 0 radical (unpaired) electrons. The number of likely N-dealkylation sites (tertiary alicyclic amines) is 1. The lowest BCUT2D eigenvalue weighted by atomic mass is 9.96. The minimum atomic E-state index is -3.11. The summed E-state index contributed by atoms with van der Waals surface area (Å²) in [6.45, 7) is 0.602. The number of hydrogen-bond acceptors (Lipinski definition) is 4. The summed E-state index contributed by atoms with van der Waals surface area (Å²) in [5, 5.41) is 2.91. The van der Waals surface area contributed by atoms with E-state index < -0.39 is 9.84 Å². The van der Waals surface area contributed by atoms with Crippen LogP contribution in [0.15, 0.2) is 12.3 Å². The molecule has 6 nitrogen and oxygen atoms in total. The van der Waals surface area contributed by atoms with Crippen LogP contribution in [0.3, 0.4) is 0 Å².